The topological polar surface area (TPSA) is 40.5 Å². The fourth-order valence-corrected chi connectivity index (χ4v) is 4.91. The summed E-state index contributed by atoms with van der Waals surface area (Å²) >= 11 is 0. The van der Waals surface area contributed by atoms with Crippen molar-refractivity contribution < 1.29 is 10.2 Å². The lowest BCUT2D eigenvalue weighted by molar-refractivity contribution is 0.0870. The van der Waals surface area contributed by atoms with E-state index in [0.717, 1.165) is 44.9 Å². The van der Waals surface area contributed by atoms with E-state index in [1.807, 2.05) is 0 Å². The molecule has 2 N–H and O–H groups in total. The second-order valence-corrected chi connectivity index (χ2v) is 7.79. The predicted molar refractivity (Wildman–Crippen MR) is 94.3 cm³/mol. The van der Waals surface area contributed by atoms with Crippen molar-refractivity contribution in [1.29, 1.82) is 0 Å². The van der Waals surface area contributed by atoms with E-state index in [4.69, 9.17) is 0 Å². The monoisotopic (exact) mass is 316 g/mol. The van der Waals surface area contributed by atoms with Crippen molar-refractivity contribution >= 4 is 0 Å². The molecule has 1 aromatic carbocycles. The smallest absolute Gasteiger partial charge is 0.0574 e. The molecule has 0 bridgehead atoms. The van der Waals surface area contributed by atoms with Gasteiger partial charge in [0, 0.05) is 0 Å². The van der Waals surface area contributed by atoms with Gasteiger partial charge in [-0.2, -0.15) is 0 Å². The minimum Gasteiger partial charge on any atom is -0.393 e. The summed E-state index contributed by atoms with van der Waals surface area (Å²) in [5, 5.41) is 20.7. The molecule has 0 heterocycles. The standard InChI is InChI=1S/C21H32O2/c1-2-3-4-9-18(22)10-11-19-20-13-16-8-6-5-7-15(16)12-17(20)14-21(19)23/h5-8,17-23H,2-4,9-14H2,1H3/t17-,18-,19+,20-,21+/m0/s1. The summed E-state index contributed by atoms with van der Waals surface area (Å²) in [6, 6.07) is 8.78. The van der Waals surface area contributed by atoms with Gasteiger partial charge in [0.25, 0.3) is 0 Å². The number of hydrogen-bond donors (Lipinski definition) is 2. The number of fused-ring (bicyclic) bond motifs is 2. The van der Waals surface area contributed by atoms with E-state index in [1.54, 1.807) is 0 Å². The number of aliphatic hydroxyl groups is 2. The maximum absolute atomic E-state index is 10.5. The minimum absolute atomic E-state index is 0.165. The summed E-state index contributed by atoms with van der Waals surface area (Å²) in [5.41, 5.74) is 2.97. The SMILES string of the molecule is CCCCC[C@H](O)CC[C@@H]1[C@H]2Cc3ccccc3C[C@H]2C[C@H]1O. The molecule has 1 fully saturated rings. The van der Waals surface area contributed by atoms with Crippen LogP contribution < -0.4 is 0 Å². The molecule has 2 aliphatic carbocycles. The predicted octanol–water partition coefficient (Wildman–Crippen LogP) is 4.12. The van der Waals surface area contributed by atoms with Crippen molar-refractivity contribution in [1.82, 2.24) is 0 Å². The van der Waals surface area contributed by atoms with Crippen LogP contribution in [0.3, 0.4) is 0 Å². The third-order valence-electron chi connectivity index (χ3n) is 6.22. The van der Waals surface area contributed by atoms with Gasteiger partial charge in [0.2, 0.25) is 0 Å². The molecular weight excluding hydrogens is 284 g/mol. The van der Waals surface area contributed by atoms with Crippen LogP contribution in [0.4, 0.5) is 0 Å². The van der Waals surface area contributed by atoms with Crippen molar-refractivity contribution in [3.05, 3.63) is 35.4 Å². The number of benzene rings is 1. The van der Waals surface area contributed by atoms with Gasteiger partial charge in [-0.15, -0.1) is 0 Å². The molecule has 0 spiro atoms. The molecule has 1 aromatic rings. The lowest BCUT2D eigenvalue weighted by Gasteiger charge is -2.31. The Morgan fingerprint density at radius 3 is 2.57 bits per heavy atom. The van der Waals surface area contributed by atoms with E-state index in [-0.39, 0.29) is 12.2 Å². The molecule has 3 rings (SSSR count). The van der Waals surface area contributed by atoms with E-state index >= 15 is 0 Å². The van der Waals surface area contributed by atoms with Crippen LogP contribution >= 0.6 is 0 Å². The van der Waals surface area contributed by atoms with Crippen LogP contribution in [0, 0.1) is 17.8 Å². The first-order valence-corrected chi connectivity index (χ1v) is 9.62. The summed E-state index contributed by atoms with van der Waals surface area (Å²) in [6.45, 7) is 2.20. The van der Waals surface area contributed by atoms with Gasteiger partial charge in [0.05, 0.1) is 12.2 Å². The molecule has 128 valence electrons. The highest BCUT2D eigenvalue weighted by Crippen LogP contribution is 2.46. The average molecular weight is 316 g/mol. The van der Waals surface area contributed by atoms with Gasteiger partial charge in [0.1, 0.15) is 0 Å². The normalized spacial score (nSPS) is 30.7. The first kappa shape index (κ1) is 17.0. The molecule has 2 aliphatic rings. The van der Waals surface area contributed by atoms with Crippen LogP contribution in [0.15, 0.2) is 24.3 Å². The zero-order chi connectivity index (χ0) is 16.2. The summed E-state index contributed by atoms with van der Waals surface area (Å²) < 4.78 is 0. The van der Waals surface area contributed by atoms with E-state index in [2.05, 4.69) is 31.2 Å². The lowest BCUT2D eigenvalue weighted by atomic mass is 9.74. The Morgan fingerprint density at radius 2 is 1.83 bits per heavy atom. The Kier molecular flexibility index (Phi) is 5.76. The number of hydrogen-bond acceptors (Lipinski definition) is 2. The molecule has 2 nitrogen and oxygen atoms in total. The molecule has 0 amide bonds. The zero-order valence-corrected chi connectivity index (χ0v) is 14.5. The Balaban J connectivity index is 1.56. The van der Waals surface area contributed by atoms with Crippen LogP contribution in [0.25, 0.3) is 0 Å². The number of rotatable bonds is 7. The van der Waals surface area contributed by atoms with E-state index in [1.165, 1.54) is 24.0 Å². The highest BCUT2D eigenvalue weighted by molar-refractivity contribution is 5.31. The quantitative estimate of drug-likeness (QED) is 0.743. The Labute approximate surface area is 140 Å². The summed E-state index contributed by atoms with van der Waals surface area (Å²) in [7, 11) is 0. The summed E-state index contributed by atoms with van der Waals surface area (Å²) in [6.07, 6.45) is 9.18. The van der Waals surface area contributed by atoms with E-state index in [9.17, 15) is 10.2 Å². The van der Waals surface area contributed by atoms with Crippen LogP contribution in [0.1, 0.15) is 63.0 Å². The first-order valence-electron chi connectivity index (χ1n) is 9.62. The Bertz CT molecular complexity index is 498. The van der Waals surface area contributed by atoms with Gasteiger partial charge in [-0.1, -0.05) is 50.5 Å². The second kappa shape index (κ2) is 7.81. The molecule has 5 atom stereocenters. The van der Waals surface area contributed by atoms with Gasteiger partial charge >= 0.3 is 0 Å². The molecule has 23 heavy (non-hydrogen) atoms. The highest BCUT2D eigenvalue weighted by atomic mass is 16.3. The highest BCUT2D eigenvalue weighted by Gasteiger charge is 2.44. The van der Waals surface area contributed by atoms with Crippen LogP contribution in [0.5, 0.6) is 0 Å². The minimum atomic E-state index is -0.177. The molecule has 2 heteroatoms. The number of unbranched alkanes of at least 4 members (excludes halogenated alkanes) is 2. The van der Waals surface area contributed by atoms with Gasteiger partial charge in [0.15, 0.2) is 0 Å². The second-order valence-electron chi connectivity index (χ2n) is 7.79. The fraction of sp³-hybridized carbons (Fsp3) is 0.714. The third kappa shape index (κ3) is 3.97. The van der Waals surface area contributed by atoms with Crippen LogP contribution in [-0.2, 0) is 12.8 Å². The van der Waals surface area contributed by atoms with Gasteiger partial charge in [-0.25, -0.2) is 0 Å². The number of aliphatic hydroxyl groups excluding tert-OH is 2. The fourth-order valence-electron chi connectivity index (χ4n) is 4.91. The van der Waals surface area contributed by atoms with Crippen molar-refractivity contribution in [3.63, 3.8) is 0 Å². The summed E-state index contributed by atoms with van der Waals surface area (Å²) in [4.78, 5) is 0. The lowest BCUT2D eigenvalue weighted by Crippen LogP contribution is -2.27. The largest absolute Gasteiger partial charge is 0.393 e. The van der Waals surface area contributed by atoms with Crippen molar-refractivity contribution in [3.8, 4) is 0 Å². The molecule has 0 radical (unpaired) electrons. The maximum atomic E-state index is 10.5. The summed E-state index contributed by atoms with van der Waals surface area (Å²) in [5.74, 6) is 1.64. The average Bonchev–Trinajstić information content (AvgIpc) is 2.85. The zero-order valence-electron chi connectivity index (χ0n) is 14.5. The van der Waals surface area contributed by atoms with Crippen LogP contribution in [0.2, 0.25) is 0 Å². The van der Waals surface area contributed by atoms with Crippen LogP contribution in [-0.4, -0.2) is 22.4 Å². The Morgan fingerprint density at radius 1 is 1.09 bits per heavy atom. The first-order chi connectivity index (χ1) is 11.2. The van der Waals surface area contributed by atoms with Gasteiger partial charge in [-0.3, -0.25) is 0 Å². The van der Waals surface area contributed by atoms with Crippen molar-refractivity contribution in [2.75, 3.05) is 0 Å². The van der Waals surface area contributed by atoms with Gasteiger partial charge < -0.3 is 10.2 Å². The molecular formula is C21H32O2. The van der Waals surface area contributed by atoms with Crippen molar-refractivity contribution in [2.45, 2.75) is 76.9 Å². The Hall–Kier alpha value is -0.860. The maximum Gasteiger partial charge on any atom is 0.0574 e. The molecule has 0 unspecified atom stereocenters. The van der Waals surface area contributed by atoms with E-state index < -0.39 is 0 Å². The molecule has 0 saturated heterocycles. The molecule has 0 aliphatic heterocycles. The van der Waals surface area contributed by atoms with E-state index in [0.29, 0.717) is 17.8 Å². The third-order valence-corrected chi connectivity index (χ3v) is 6.22. The molecule has 1 saturated carbocycles. The van der Waals surface area contributed by atoms with Crippen molar-refractivity contribution in [2.24, 2.45) is 17.8 Å². The molecule has 0 aromatic heterocycles. The van der Waals surface area contributed by atoms with Gasteiger partial charge in [-0.05, 0) is 67.4 Å².